The molecule has 0 atom stereocenters. The highest BCUT2D eigenvalue weighted by atomic mass is 19.4. The zero-order chi connectivity index (χ0) is 20.9. The van der Waals surface area contributed by atoms with E-state index >= 15 is 0 Å². The minimum absolute atomic E-state index is 0.316. The number of aryl methyl sites for hydroxylation is 2. The van der Waals surface area contributed by atoms with E-state index in [9.17, 15) is 26.3 Å². The quantitative estimate of drug-likeness (QED) is 0.376. The monoisotopic (exact) mass is 404 g/mol. The Hall–Kier alpha value is -2.71. The highest BCUT2D eigenvalue weighted by molar-refractivity contribution is 5.90. The van der Waals surface area contributed by atoms with E-state index in [1.165, 1.54) is 0 Å². The van der Waals surface area contributed by atoms with Crippen LogP contribution in [0.5, 0.6) is 0 Å². The number of hydrogen-bond acceptors (Lipinski definition) is 2. The van der Waals surface area contributed by atoms with Gasteiger partial charge in [0.2, 0.25) is 0 Å². The summed E-state index contributed by atoms with van der Waals surface area (Å²) in [6.45, 7) is 2.02. The summed E-state index contributed by atoms with van der Waals surface area (Å²) in [6, 6.07) is 12.7. The second kappa shape index (κ2) is 8.53. The maximum absolute atomic E-state index is 12.7. The van der Waals surface area contributed by atoms with Gasteiger partial charge in [-0.15, -0.1) is 0 Å². The highest BCUT2D eigenvalue weighted by Gasteiger charge is 2.57. The molecule has 0 spiro atoms. The number of benzene rings is 2. The normalized spacial score (nSPS) is 13.0. The lowest BCUT2D eigenvalue weighted by Gasteiger charge is -2.23. The van der Waals surface area contributed by atoms with Gasteiger partial charge < -0.3 is 10.1 Å². The molecule has 2 aromatic rings. The zero-order valence-electron chi connectivity index (χ0n) is 15.0. The van der Waals surface area contributed by atoms with Crippen LogP contribution in [0.15, 0.2) is 53.5 Å². The van der Waals surface area contributed by atoms with Crippen LogP contribution < -0.4 is 5.32 Å². The van der Waals surface area contributed by atoms with Crippen molar-refractivity contribution in [2.24, 2.45) is 10.9 Å². The van der Waals surface area contributed by atoms with E-state index in [1.807, 2.05) is 13.8 Å². The van der Waals surface area contributed by atoms with Gasteiger partial charge in [0.05, 0.1) is 5.69 Å². The zero-order valence-corrected chi connectivity index (χ0v) is 15.0. The van der Waals surface area contributed by atoms with Gasteiger partial charge in [0, 0.05) is 5.69 Å². The van der Waals surface area contributed by atoms with Crippen LogP contribution in [0, 0.1) is 19.8 Å². The fourth-order valence-corrected chi connectivity index (χ4v) is 2.13. The van der Waals surface area contributed by atoms with Gasteiger partial charge in [-0.3, -0.25) is 0 Å². The van der Waals surface area contributed by atoms with Crippen molar-refractivity contribution in [3.8, 4) is 0 Å². The van der Waals surface area contributed by atoms with E-state index in [0.29, 0.717) is 11.4 Å². The van der Waals surface area contributed by atoms with Crippen molar-refractivity contribution in [1.29, 1.82) is 0 Å². The largest absolute Gasteiger partial charge is 0.464 e. The van der Waals surface area contributed by atoms with Crippen molar-refractivity contribution in [1.82, 2.24) is 0 Å². The summed E-state index contributed by atoms with van der Waals surface area (Å²) >= 11 is 0. The van der Waals surface area contributed by atoms with E-state index in [2.05, 4.69) is 10.3 Å². The number of ether oxygens (including phenoxy) is 1. The molecule has 9 heteroatoms. The van der Waals surface area contributed by atoms with Crippen molar-refractivity contribution < 1.29 is 31.1 Å². The SMILES string of the molecule is Cc1ccc(N=C(Nc2ccc(C)cc2)OCC(C(F)(F)F)C(F)(F)F)cc1. The predicted molar refractivity (Wildman–Crippen MR) is 94.6 cm³/mol. The van der Waals surface area contributed by atoms with E-state index < -0.39 is 30.9 Å². The highest BCUT2D eigenvalue weighted by Crippen LogP contribution is 2.39. The molecule has 0 aliphatic carbocycles. The Labute approximate surface area is 158 Å². The van der Waals surface area contributed by atoms with Crippen LogP contribution in [-0.2, 0) is 4.74 Å². The predicted octanol–water partition coefficient (Wildman–Crippen LogP) is 6.16. The molecule has 0 aromatic heterocycles. The summed E-state index contributed by atoms with van der Waals surface area (Å²) in [5.74, 6) is -3.62. The minimum Gasteiger partial charge on any atom is -0.464 e. The van der Waals surface area contributed by atoms with Crippen LogP contribution in [0.4, 0.5) is 37.7 Å². The maximum atomic E-state index is 12.7. The van der Waals surface area contributed by atoms with Crippen LogP contribution in [-0.4, -0.2) is 25.0 Å². The number of anilines is 1. The third-order valence-corrected chi connectivity index (χ3v) is 3.74. The van der Waals surface area contributed by atoms with Gasteiger partial charge in [-0.25, -0.2) is 0 Å². The Morgan fingerprint density at radius 3 is 1.79 bits per heavy atom. The fraction of sp³-hybridized carbons (Fsp3) is 0.316. The van der Waals surface area contributed by atoms with Crippen molar-refractivity contribution in [3.05, 3.63) is 59.7 Å². The summed E-state index contributed by atoms with van der Waals surface area (Å²) in [7, 11) is 0. The molecule has 0 heterocycles. The molecule has 1 N–H and O–H groups in total. The standard InChI is InChI=1S/C19H18F6N2O/c1-12-3-7-14(8-4-12)26-17(27-15-9-5-13(2)6-10-15)28-11-16(18(20,21)22)19(23,24)25/h3-10,16H,11H2,1-2H3,(H,26,27). The number of nitrogens with one attached hydrogen (secondary N) is 1. The van der Waals surface area contributed by atoms with Gasteiger partial charge in [-0.2, -0.15) is 31.3 Å². The van der Waals surface area contributed by atoms with Crippen molar-refractivity contribution in [2.45, 2.75) is 26.2 Å². The van der Waals surface area contributed by atoms with Gasteiger partial charge >= 0.3 is 12.4 Å². The first-order chi connectivity index (χ1) is 12.9. The van der Waals surface area contributed by atoms with E-state index in [0.717, 1.165) is 11.1 Å². The molecule has 0 saturated heterocycles. The lowest BCUT2D eigenvalue weighted by Crippen LogP contribution is -2.40. The third kappa shape index (κ3) is 6.47. The third-order valence-electron chi connectivity index (χ3n) is 3.74. The molecule has 0 bridgehead atoms. The van der Waals surface area contributed by atoms with Gasteiger partial charge in [0.15, 0.2) is 5.92 Å². The Bertz CT molecular complexity index is 781. The van der Waals surface area contributed by atoms with E-state index in [1.54, 1.807) is 48.5 Å². The Morgan fingerprint density at radius 2 is 1.32 bits per heavy atom. The number of alkyl halides is 6. The summed E-state index contributed by atoms with van der Waals surface area (Å²) in [4.78, 5) is 4.00. The van der Waals surface area contributed by atoms with Crippen LogP contribution >= 0.6 is 0 Å². The van der Waals surface area contributed by atoms with Gasteiger partial charge in [-0.1, -0.05) is 35.4 Å². The summed E-state index contributed by atoms with van der Waals surface area (Å²) in [5.41, 5.74) is 2.57. The van der Waals surface area contributed by atoms with Crippen LogP contribution in [0.1, 0.15) is 11.1 Å². The van der Waals surface area contributed by atoms with Crippen LogP contribution in [0.25, 0.3) is 0 Å². The van der Waals surface area contributed by atoms with Crippen molar-refractivity contribution in [2.75, 3.05) is 11.9 Å². The molecule has 0 amide bonds. The average molecular weight is 404 g/mol. The lowest BCUT2D eigenvalue weighted by molar-refractivity contribution is -0.290. The smallest absolute Gasteiger partial charge is 0.403 e. The second-order valence-corrected chi connectivity index (χ2v) is 6.19. The molecule has 2 rings (SSSR count). The molecule has 3 nitrogen and oxygen atoms in total. The van der Waals surface area contributed by atoms with Crippen LogP contribution in [0.3, 0.4) is 0 Å². The summed E-state index contributed by atoms with van der Waals surface area (Å²) in [6.07, 6.45) is -11.0. The summed E-state index contributed by atoms with van der Waals surface area (Å²) < 4.78 is 81.3. The molecule has 0 radical (unpaired) electrons. The average Bonchev–Trinajstić information content (AvgIpc) is 2.56. The topological polar surface area (TPSA) is 33.6 Å². The van der Waals surface area contributed by atoms with E-state index in [4.69, 9.17) is 4.74 Å². The first kappa shape index (κ1) is 21.6. The summed E-state index contributed by atoms with van der Waals surface area (Å²) in [5, 5.41) is 2.62. The number of amidine groups is 1. The van der Waals surface area contributed by atoms with Gasteiger partial charge in [-0.05, 0) is 38.1 Å². The van der Waals surface area contributed by atoms with Gasteiger partial charge in [0.25, 0.3) is 6.02 Å². The van der Waals surface area contributed by atoms with E-state index in [-0.39, 0.29) is 0 Å². The molecular weight excluding hydrogens is 386 g/mol. The molecule has 152 valence electrons. The number of halogens is 6. The molecule has 0 fully saturated rings. The molecule has 0 saturated carbocycles. The Kier molecular flexibility index (Phi) is 6.58. The maximum Gasteiger partial charge on any atom is 0.403 e. The molecule has 2 aromatic carbocycles. The molecular formula is C19H18F6N2O. The molecule has 28 heavy (non-hydrogen) atoms. The first-order valence-electron chi connectivity index (χ1n) is 8.20. The van der Waals surface area contributed by atoms with Crippen LogP contribution in [0.2, 0.25) is 0 Å². The number of aliphatic imine (C=N–C) groups is 1. The molecule has 0 aliphatic rings. The van der Waals surface area contributed by atoms with Crippen molar-refractivity contribution >= 4 is 17.4 Å². The number of rotatable bonds is 4. The number of nitrogens with zero attached hydrogens (tertiary/aromatic N) is 1. The lowest BCUT2D eigenvalue weighted by atomic mass is 10.1. The van der Waals surface area contributed by atoms with Gasteiger partial charge in [0.1, 0.15) is 6.61 Å². The molecule has 0 aliphatic heterocycles. The Morgan fingerprint density at radius 1 is 0.857 bits per heavy atom. The van der Waals surface area contributed by atoms with Crippen molar-refractivity contribution in [3.63, 3.8) is 0 Å². The fourth-order valence-electron chi connectivity index (χ4n) is 2.13. The molecule has 0 unspecified atom stereocenters. The number of hydrogen-bond donors (Lipinski definition) is 1. The minimum atomic E-state index is -5.49. The second-order valence-electron chi connectivity index (χ2n) is 6.19. The Balaban J connectivity index is 2.26. The first-order valence-corrected chi connectivity index (χ1v) is 8.20.